The minimum absolute atomic E-state index is 0.0194. The number of hydrogen-bond donors (Lipinski definition) is 0. The first-order valence-electron chi connectivity index (χ1n) is 13.4. The lowest BCUT2D eigenvalue weighted by Gasteiger charge is -2.27. The Hall–Kier alpha value is -4.01. The van der Waals surface area contributed by atoms with Crippen LogP contribution in [0.5, 0.6) is 0 Å². The molecule has 1 aliphatic heterocycles. The van der Waals surface area contributed by atoms with Gasteiger partial charge in [-0.25, -0.2) is 9.80 Å². The summed E-state index contributed by atoms with van der Waals surface area (Å²) in [6, 6.07) is 21.9. The lowest BCUT2D eigenvalue weighted by atomic mass is 9.79. The molecule has 1 aliphatic carbocycles. The van der Waals surface area contributed by atoms with Crippen LogP contribution in [0.25, 0.3) is 6.08 Å². The Kier molecular flexibility index (Phi) is 8.11. The fourth-order valence-electron chi connectivity index (χ4n) is 5.20. The Morgan fingerprint density at radius 3 is 2.54 bits per heavy atom. The number of esters is 1. The fraction of sp³-hybridized carbons (Fsp3) is 0.219. The average molecular weight is 587 g/mol. The number of hydrogen-bond acceptors (Lipinski definition) is 7. The molecular formula is C32H27ClN2O5S. The highest BCUT2D eigenvalue weighted by Gasteiger charge is 2.45. The predicted octanol–water partition coefficient (Wildman–Crippen LogP) is 7.80. The summed E-state index contributed by atoms with van der Waals surface area (Å²) in [5, 5.41) is 6.88. The molecule has 7 nitrogen and oxygen atoms in total. The van der Waals surface area contributed by atoms with Crippen molar-refractivity contribution in [1.82, 2.24) is 5.01 Å². The van der Waals surface area contributed by atoms with E-state index in [2.05, 4.69) is 0 Å². The van der Waals surface area contributed by atoms with Crippen LogP contribution in [0.15, 0.2) is 110 Å². The molecule has 2 unspecified atom stereocenters. The molecule has 3 heterocycles. The lowest BCUT2D eigenvalue weighted by Crippen LogP contribution is -2.34. The van der Waals surface area contributed by atoms with Crippen molar-refractivity contribution >= 4 is 47.0 Å². The van der Waals surface area contributed by atoms with Crippen LogP contribution in [0.1, 0.15) is 52.7 Å². The number of hydrazone groups is 1. The summed E-state index contributed by atoms with van der Waals surface area (Å²) in [5.74, 6) is 1.15. The molecule has 2 atom stereocenters. The van der Waals surface area contributed by atoms with E-state index in [1.165, 1.54) is 5.01 Å². The molecule has 9 heteroatoms. The quantitative estimate of drug-likeness (QED) is 0.155. The zero-order valence-electron chi connectivity index (χ0n) is 22.1. The van der Waals surface area contributed by atoms with Gasteiger partial charge in [0.15, 0.2) is 6.61 Å². The van der Waals surface area contributed by atoms with Crippen LogP contribution >= 0.6 is 23.4 Å². The predicted molar refractivity (Wildman–Crippen MR) is 157 cm³/mol. The molecule has 208 valence electrons. The van der Waals surface area contributed by atoms with Gasteiger partial charge in [-0.1, -0.05) is 23.7 Å². The van der Waals surface area contributed by atoms with E-state index < -0.39 is 24.5 Å². The third kappa shape index (κ3) is 6.19. The maximum absolute atomic E-state index is 13.4. The van der Waals surface area contributed by atoms with Crippen molar-refractivity contribution in [2.24, 2.45) is 11.0 Å². The van der Waals surface area contributed by atoms with Crippen molar-refractivity contribution in [2.75, 3.05) is 6.61 Å². The normalized spacial score (nSPS) is 19.2. The molecule has 0 bridgehead atoms. The Bertz CT molecular complexity index is 1560. The first-order chi connectivity index (χ1) is 20.0. The summed E-state index contributed by atoms with van der Waals surface area (Å²) in [6.45, 7) is -0.426. The highest BCUT2D eigenvalue weighted by molar-refractivity contribution is 7.98. The van der Waals surface area contributed by atoms with Crippen LogP contribution in [0.3, 0.4) is 0 Å². The Labute approximate surface area is 246 Å². The molecule has 2 aromatic carbocycles. The van der Waals surface area contributed by atoms with Crippen LogP contribution in [0.2, 0.25) is 5.02 Å². The van der Waals surface area contributed by atoms with Crippen LogP contribution in [0.4, 0.5) is 0 Å². The van der Waals surface area contributed by atoms with E-state index in [0.29, 0.717) is 16.3 Å². The molecule has 1 fully saturated rings. The largest absolute Gasteiger partial charge is 0.467 e. The van der Waals surface area contributed by atoms with E-state index in [0.717, 1.165) is 52.5 Å². The topological polar surface area (TPSA) is 85.3 Å². The molecule has 2 aliphatic rings. The number of benzene rings is 2. The zero-order valence-corrected chi connectivity index (χ0v) is 23.6. The van der Waals surface area contributed by atoms with Crippen LogP contribution in [-0.2, 0) is 15.3 Å². The number of nitrogens with zero attached hydrogens (tertiary/aromatic N) is 2. The molecule has 6 rings (SSSR count). The summed E-state index contributed by atoms with van der Waals surface area (Å²) >= 11 is 7.63. The van der Waals surface area contributed by atoms with Crippen molar-refractivity contribution in [2.45, 2.75) is 36.0 Å². The fourth-order valence-corrected chi connectivity index (χ4v) is 6.18. The number of rotatable bonds is 8. The number of carbonyl (C=O) groups excluding carboxylic acids is 2. The molecule has 0 N–H and O–H groups in total. The lowest BCUT2D eigenvalue weighted by molar-refractivity contribution is -0.137. The van der Waals surface area contributed by atoms with Crippen LogP contribution < -0.4 is 0 Å². The van der Waals surface area contributed by atoms with Gasteiger partial charge in [-0.2, -0.15) is 5.10 Å². The number of amides is 1. The number of thioether (sulfide) groups is 1. The number of halogens is 1. The van der Waals surface area contributed by atoms with Gasteiger partial charge in [-0.3, -0.25) is 4.79 Å². The van der Waals surface area contributed by atoms with E-state index in [1.807, 2.05) is 60.7 Å². The van der Waals surface area contributed by atoms with Gasteiger partial charge in [0.25, 0.3) is 5.91 Å². The van der Waals surface area contributed by atoms with Crippen molar-refractivity contribution in [3.05, 3.63) is 119 Å². The first kappa shape index (κ1) is 27.2. The SMILES string of the molecule is O=C(OCC(=O)N1N=C2C(=Cc3ccco3)CCCC2C1c1ccco1)c1ccc(CSc2ccc(Cl)cc2)cc1. The van der Waals surface area contributed by atoms with E-state index in [9.17, 15) is 9.59 Å². The standard InChI is InChI=1S/C32H27ClN2O5S/c33-24-12-14-26(15-13-24)41-20-21-8-10-22(11-9-21)32(37)40-19-29(36)35-31(28-7-3-17-39-28)27-6-1-4-23(30(27)34-35)18-25-5-2-16-38-25/h2-3,5,7-18,27,31H,1,4,6,19-20H2. The smallest absolute Gasteiger partial charge is 0.338 e. The summed E-state index contributed by atoms with van der Waals surface area (Å²) in [4.78, 5) is 27.3. The molecule has 1 saturated carbocycles. The van der Waals surface area contributed by atoms with E-state index in [1.54, 1.807) is 42.5 Å². The number of carbonyl (C=O) groups is 2. The Balaban J connectivity index is 1.12. The molecule has 0 radical (unpaired) electrons. The molecule has 0 spiro atoms. The van der Waals surface area contributed by atoms with E-state index in [4.69, 9.17) is 30.3 Å². The second-order valence-electron chi connectivity index (χ2n) is 9.88. The molecule has 0 saturated heterocycles. The second-order valence-corrected chi connectivity index (χ2v) is 11.4. The van der Waals surface area contributed by atoms with Gasteiger partial charge in [0.2, 0.25) is 0 Å². The van der Waals surface area contributed by atoms with Gasteiger partial charge in [-0.05, 0) is 97.1 Å². The second kappa shape index (κ2) is 12.2. The molecule has 1 amide bonds. The third-order valence-corrected chi connectivity index (χ3v) is 8.52. The summed E-state index contributed by atoms with van der Waals surface area (Å²) in [7, 11) is 0. The van der Waals surface area contributed by atoms with Gasteiger partial charge >= 0.3 is 5.97 Å². The molecule has 2 aromatic heterocycles. The average Bonchev–Trinajstić information content (AvgIpc) is 3.77. The molecular weight excluding hydrogens is 560 g/mol. The number of furan rings is 2. The minimum atomic E-state index is -0.563. The first-order valence-corrected chi connectivity index (χ1v) is 14.7. The van der Waals surface area contributed by atoms with Gasteiger partial charge < -0.3 is 13.6 Å². The van der Waals surface area contributed by atoms with Crippen molar-refractivity contribution in [1.29, 1.82) is 0 Å². The van der Waals surface area contributed by atoms with E-state index in [-0.39, 0.29) is 5.92 Å². The van der Waals surface area contributed by atoms with Gasteiger partial charge in [0.05, 0.1) is 23.8 Å². The van der Waals surface area contributed by atoms with Crippen LogP contribution in [0, 0.1) is 5.92 Å². The summed E-state index contributed by atoms with van der Waals surface area (Å²) < 4.78 is 16.7. The minimum Gasteiger partial charge on any atom is -0.467 e. The number of ether oxygens (including phenoxy) is 1. The zero-order chi connectivity index (χ0) is 28.2. The van der Waals surface area contributed by atoms with Crippen LogP contribution in [-0.4, -0.2) is 29.2 Å². The van der Waals surface area contributed by atoms with Gasteiger partial charge in [-0.15, -0.1) is 11.8 Å². The third-order valence-electron chi connectivity index (χ3n) is 7.19. The Morgan fingerprint density at radius 1 is 1.02 bits per heavy atom. The van der Waals surface area contributed by atoms with Crippen molar-refractivity contribution in [3.63, 3.8) is 0 Å². The van der Waals surface area contributed by atoms with Crippen molar-refractivity contribution < 1.29 is 23.2 Å². The maximum atomic E-state index is 13.4. The number of allylic oxidation sites excluding steroid dienone is 1. The van der Waals surface area contributed by atoms with Gasteiger partial charge in [0, 0.05) is 21.6 Å². The maximum Gasteiger partial charge on any atom is 0.338 e. The summed E-state index contributed by atoms with van der Waals surface area (Å²) in [5.41, 5.74) is 3.33. The van der Waals surface area contributed by atoms with Gasteiger partial charge in [0.1, 0.15) is 17.6 Å². The highest BCUT2D eigenvalue weighted by Crippen LogP contribution is 2.44. The number of fused-ring (bicyclic) bond motifs is 1. The summed E-state index contributed by atoms with van der Waals surface area (Å²) in [6.07, 6.45) is 7.87. The molecule has 4 aromatic rings. The van der Waals surface area contributed by atoms with Crippen molar-refractivity contribution in [3.8, 4) is 0 Å². The molecule has 41 heavy (non-hydrogen) atoms. The van der Waals surface area contributed by atoms with E-state index >= 15 is 0 Å². The highest BCUT2D eigenvalue weighted by atomic mass is 35.5. The monoisotopic (exact) mass is 586 g/mol. The Morgan fingerprint density at radius 2 is 1.80 bits per heavy atom.